The van der Waals surface area contributed by atoms with E-state index in [0.29, 0.717) is 17.9 Å². The van der Waals surface area contributed by atoms with Crippen molar-refractivity contribution >= 4 is 28.9 Å². The van der Waals surface area contributed by atoms with Gasteiger partial charge in [0.2, 0.25) is 5.91 Å². The zero-order valence-electron chi connectivity index (χ0n) is 14.6. The molecule has 0 aliphatic rings. The summed E-state index contributed by atoms with van der Waals surface area (Å²) in [7, 11) is 0. The Labute approximate surface area is 148 Å². The van der Waals surface area contributed by atoms with Crippen LogP contribution in [-0.2, 0) is 4.79 Å². The van der Waals surface area contributed by atoms with Crippen molar-refractivity contribution in [3.63, 3.8) is 0 Å². The summed E-state index contributed by atoms with van der Waals surface area (Å²) >= 11 is 0. The molecule has 0 bridgehead atoms. The summed E-state index contributed by atoms with van der Waals surface area (Å²) in [5.74, 6) is -0.275. The molecule has 6 heteroatoms. The molecular weight excluding hydrogens is 316 g/mol. The van der Waals surface area contributed by atoms with Crippen LogP contribution in [0.1, 0.15) is 43.6 Å². The molecule has 0 radical (unpaired) electrons. The van der Waals surface area contributed by atoms with E-state index >= 15 is 0 Å². The van der Waals surface area contributed by atoms with Gasteiger partial charge in [0.15, 0.2) is 0 Å². The van der Waals surface area contributed by atoms with E-state index in [0.717, 1.165) is 30.6 Å². The predicted molar refractivity (Wildman–Crippen MR) is 100 cm³/mol. The lowest BCUT2D eigenvalue weighted by molar-refractivity contribution is -0.114. The average molecular weight is 340 g/mol. The lowest BCUT2D eigenvalue weighted by Crippen LogP contribution is -2.25. The minimum absolute atomic E-state index is 0.117. The Hall–Kier alpha value is -2.89. The van der Waals surface area contributed by atoms with Crippen molar-refractivity contribution in [2.24, 2.45) is 0 Å². The van der Waals surface area contributed by atoms with E-state index in [4.69, 9.17) is 0 Å². The molecule has 25 heavy (non-hydrogen) atoms. The summed E-state index contributed by atoms with van der Waals surface area (Å²) in [4.78, 5) is 27.3. The van der Waals surface area contributed by atoms with Crippen molar-refractivity contribution in [2.75, 3.05) is 17.2 Å². The normalized spacial score (nSPS) is 10.2. The number of carbonyl (C=O) groups is 2. The Bertz CT molecular complexity index is 714. The Morgan fingerprint density at radius 1 is 1.04 bits per heavy atom. The van der Waals surface area contributed by atoms with Crippen molar-refractivity contribution in [1.82, 2.24) is 10.3 Å². The topological polar surface area (TPSA) is 83.1 Å². The molecule has 2 amide bonds. The lowest BCUT2D eigenvalue weighted by atomic mass is 10.2. The van der Waals surface area contributed by atoms with Gasteiger partial charge in [-0.15, -0.1) is 0 Å². The number of anilines is 3. The van der Waals surface area contributed by atoms with E-state index in [-0.39, 0.29) is 11.8 Å². The number of rotatable bonds is 8. The van der Waals surface area contributed by atoms with Crippen LogP contribution in [0.4, 0.5) is 17.1 Å². The number of hydrogen-bond donors (Lipinski definition) is 3. The Kier molecular flexibility index (Phi) is 6.95. The fraction of sp³-hybridized carbons (Fsp3) is 0.316. The first-order chi connectivity index (χ1) is 12.1. The molecule has 0 aliphatic carbocycles. The van der Waals surface area contributed by atoms with Gasteiger partial charge in [-0.05, 0) is 36.8 Å². The predicted octanol–water partition coefficient (Wildman–Crippen LogP) is 3.70. The third-order valence-corrected chi connectivity index (χ3v) is 3.53. The summed E-state index contributed by atoms with van der Waals surface area (Å²) in [6.45, 7) is 4.27. The summed E-state index contributed by atoms with van der Waals surface area (Å²) in [6, 6.07) is 10.9. The minimum Gasteiger partial charge on any atom is -0.354 e. The van der Waals surface area contributed by atoms with Crippen LogP contribution in [0, 0.1) is 0 Å². The van der Waals surface area contributed by atoms with Crippen LogP contribution in [0.2, 0.25) is 0 Å². The van der Waals surface area contributed by atoms with Gasteiger partial charge < -0.3 is 16.0 Å². The number of hydrogen-bond acceptors (Lipinski definition) is 4. The quantitative estimate of drug-likeness (QED) is 0.640. The van der Waals surface area contributed by atoms with Gasteiger partial charge in [-0.3, -0.25) is 9.59 Å². The first kappa shape index (κ1) is 18.4. The van der Waals surface area contributed by atoms with Gasteiger partial charge in [0.25, 0.3) is 5.91 Å². The summed E-state index contributed by atoms with van der Waals surface area (Å²) in [6.07, 6.45) is 4.82. The molecule has 0 atom stereocenters. The van der Waals surface area contributed by atoms with Crippen LogP contribution in [0.15, 0.2) is 42.6 Å². The molecule has 2 rings (SSSR count). The van der Waals surface area contributed by atoms with E-state index < -0.39 is 0 Å². The van der Waals surface area contributed by atoms with Crippen molar-refractivity contribution in [1.29, 1.82) is 0 Å². The third kappa shape index (κ3) is 6.25. The largest absolute Gasteiger partial charge is 0.354 e. The second-order valence-electron chi connectivity index (χ2n) is 5.78. The van der Waals surface area contributed by atoms with Crippen LogP contribution in [-0.4, -0.2) is 23.3 Å². The molecule has 6 nitrogen and oxygen atoms in total. The Morgan fingerprint density at radius 2 is 1.84 bits per heavy atom. The molecule has 0 aliphatic heterocycles. The molecule has 0 saturated heterocycles. The van der Waals surface area contributed by atoms with Crippen molar-refractivity contribution in [3.8, 4) is 0 Å². The highest BCUT2D eigenvalue weighted by Gasteiger charge is 2.06. The van der Waals surface area contributed by atoms with Gasteiger partial charge in [-0.1, -0.05) is 25.8 Å². The number of benzene rings is 1. The number of unbranched alkanes of at least 4 members (excludes halogenated alkanes) is 2. The first-order valence-corrected chi connectivity index (χ1v) is 8.47. The lowest BCUT2D eigenvalue weighted by Gasteiger charge is -2.09. The molecule has 1 heterocycles. The van der Waals surface area contributed by atoms with E-state index in [1.165, 1.54) is 6.92 Å². The molecule has 2 aromatic rings. The summed E-state index contributed by atoms with van der Waals surface area (Å²) in [5.41, 5.74) is 2.70. The second kappa shape index (κ2) is 9.42. The average Bonchev–Trinajstić information content (AvgIpc) is 2.59. The SMILES string of the molecule is CCCCCNC(=O)c1ccc(Nc2cccc(NC(C)=O)c2)cn1. The molecule has 0 unspecified atom stereocenters. The third-order valence-electron chi connectivity index (χ3n) is 3.53. The maximum absolute atomic E-state index is 12.0. The second-order valence-corrected chi connectivity index (χ2v) is 5.78. The van der Waals surface area contributed by atoms with Gasteiger partial charge >= 0.3 is 0 Å². The van der Waals surface area contributed by atoms with Crippen LogP contribution in [0.25, 0.3) is 0 Å². The maximum atomic E-state index is 12.0. The molecule has 0 fully saturated rings. The van der Waals surface area contributed by atoms with Gasteiger partial charge in [0, 0.05) is 24.8 Å². The zero-order valence-corrected chi connectivity index (χ0v) is 14.6. The van der Waals surface area contributed by atoms with Gasteiger partial charge in [-0.2, -0.15) is 0 Å². The number of nitrogens with zero attached hydrogens (tertiary/aromatic N) is 1. The summed E-state index contributed by atoms with van der Waals surface area (Å²) < 4.78 is 0. The van der Waals surface area contributed by atoms with Crippen molar-refractivity contribution < 1.29 is 9.59 Å². The number of pyridine rings is 1. The number of nitrogens with one attached hydrogen (secondary N) is 3. The molecule has 3 N–H and O–H groups in total. The Balaban J connectivity index is 1.94. The molecule has 1 aromatic heterocycles. The first-order valence-electron chi connectivity index (χ1n) is 8.47. The fourth-order valence-electron chi connectivity index (χ4n) is 2.31. The van der Waals surface area contributed by atoms with Crippen LogP contribution in [0.5, 0.6) is 0 Å². The van der Waals surface area contributed by atoms with E-state index in [2.05, 4.69) is 27.9 Å². The van der Waals surface area contributed by atoms with Gasteiger partial charge in [-0.25, -0.2) is 4.98 Å². The van der Waals surface area contributed by atoms with Gasteiger partial charge in [0.1, 0.15) is 5.69 Å². The molecule has 1 aromatic carbocycles. The van der Waals surface area contributed by atoms with Crippen LogP contribution < -0.4 is 16.0 Å². The van der Waals surface area contributed by atoms with Crippen LogP contribution in [0.3, 0.4) is 0 Å². The number of amides is 2. The summed E-state index contributed by atoms with van der Waals surface area (Å²) in [5, 5.41) is 8.80. The minimum atomic E-state index is -0.157. The highest BCUT2D eigenvalue weighted by atomic mass is 16.2. The standard InChI is InChI=1S/C19H24N4O2/c1-3-4-5-11-20-19(25)18-10-9-17(13-21-18)23-16-8-6-7-15(12-16)22-14(2)24/h6-10,12-13,23H,3-5,11H2,1-2H3,(H,20,25)(H,22,24). The van der Waals surface area contributed by atoms with E-state index in [1.807, 2.05) is 24.3 Å². The van der Waals surface area contributed by atoms with Crippen molar-refractivity contribution in [2.45, 2.75) is 33.1 Å². The molecule has 0 spiro atoms. The zero-order chi connectivity index (χ0) is 18.1. The molecule has 0 saturated carbocycles. The molecular formula is C19H24N4O2. The maximum Gasteiger partial charge on any atom is 0.269 e. The van der Waals surface area contributed by atoms with Crippen molar-refractivity contribution in [3.05, 3.63) is 48.3 Å². The highest BCUT2D eigenvalue weighted by molar-refractivity contribution is 5.92. The van der Waals surface area contributed by atoms with Crippen LogP contribution >= 0.6 is 0 Å². The van der Waals surface area contributed by atoms with Gasteiger partial charge in [0.05, 0.1) is 11.9 Å². The van der Waals surface area contributed by atoms with E-state index in [1.54, 1.807) is 18.3 Å². The smallest absolute Gasteiger partial charge is 0.269 e. The fourth-order valence-corrected chi connectivity index (χ4v) is 2.31. The van der Waals surface area contributed by atoms with E-state index in [9.17, 15) is 9.59 Å². The monoisotopic (exact) mass is 340 g/mol. The number of carbonyl (C=O) groups excluding carboxylic acids is 2. The molecule has 132 valence electrons. The number of aromatic nitrogens is 1. The highest BCUT2D eigenvalue weighted by Crippen LogP contribution is 2.19. The Morgan fingerprint density at radius 3 is 2.52 bits per heavy atom.